The fraction of sp³-hybridized carbons (Fsp3) is 0.182. The maximum Gasteiger partial charge on any atom is 0.433 e. The average Bonchev–Trinajstić information content (AvgIpc) is 2.22. The van der Waals surface area contributed by atoms with Crippen molar-refractivity contribution in [3.8, 4) is 0 Å². The highest BCUT2D eigenvalue weighted by atomic mass is 127. The number of aromatic nitrogens is 1. The van der Waals surface area contributed by atoms with Gasteiger partial charge in [0.25, 0.3) is 0 Å². The molecule has 18 heavy (non-hydrogen) atoms. The van der Waals surface area contributed by atoms with Gasteiger partial charge in [0.15, 0.2) is 0 Å². The molecule has 2 aromatic rings. The SMILES string of the molecule is Cc1c(C(F)(F)F)nc2c(I)cc(F)cc2c1N. The Kier molecular flexibility index (Phi) is 3.12. The normalized spacial score (nSPS) is 12.1. The number of hydrogen-bond donors (Lipinski definition) is 1. The highest BCUT2D eigenvalue weighted by molar-refractivity contribution is 14.1. The van der Waals surface area contributed by atoms with Gasteiger partial charge in [0.2, 0.25) is 0 Å². The summed E-state index contributed by atoms with van der Waals surface area (Å²) in [5, 5.41) is 0.199. The molecule has 0 saturated carbocycles. The number of hydrogen-bond acceptors (Lipinski definition) is 2. The molecule has 0 atom stereocenters. The number of nitrogen functional groups attached to an aromatic ring is 1. The van der Waals surface area contributed by atoms with Crippen LogP contribution in [-0.4, -0.2) is 4.98 Å². The van der Waals surface area contributed by atoms with E-state index in [2.05, 4.69) is 4.98 Å². The van der Waals surface area contributed by atoms with E-state index in [1.165, 1.54) is 6.92 Å². The molecule has 0 bridgehead atoms. The second-order valence-corrected chi connectivity index (χ2v) is 4.94. The molecule has 1 heterocycles. The van der Waals surface area contributed by atoms with Crippen LogP contribution in [0.2, 0.25) is 0 Å². The molecule has 0 radical (unpaired) electrons. The Morgan fingerprint density at radius 1 is 1.28 bits per heavy atom. The van der Waals surface area contributed by atoms with E-state index in [1.54, 1.807) is 22.6 Å². The minimum absolute atomic E-state index is 0.0624. The fourth-order valence-electron chi connectivity index (χ4n) is 1.69. The van der Waals surface area contributed by atoms with Crippen molar-refractivity contribution in [2.24, 2.45) is 0 Å². The monoisotopic (exact) mass is 370 g/mol. The smallest absolute Gasteiger partial charge is 0.398 e. The molecule has 0 saturated heterocycles. The number of anilines is 1. The molecule has 96 valence electrons. The second kappa shape index (κ2) is 4.22. The zero-order chi connectivity index (χ0) is 13.7. The lowest BCUT2D eigenvalue weighted by molar-refractivity contribution is -0.141. The summed E-state index contributed by atoms with van der Waals surface area (Å²) in [4.78, 5) is 3.57. The number of halogens is 5. The Hall–Kier alpha value is -1.12. The van der Waals surface area contributed by atoms with Gasteiger partial charge in [-0.1, -0.05) is 0 Å². The van der Waals surface area contributed by atoms with E-state index >= 15 is 0 Å². The Morgan fingerprint density at radius 3 is 2.44 bits per heavy atom. The van der Waals surface area contributed by atoms with E-state index in [0.29, 0.717) is 3.57 Å². The largest absolute Gasteiger partial charge is 0.433 e. The summed E-state index contributed by atoms with van der Waals surface area (Å²) in [5.74, 6) is -0.556. The van der Waals surface area contributed by atoms with E-state index in [9.17, 15) is 17.6 Å². The molecular formula is C11H7F4IN2. The number of fused-ring (bicyclic) bond motifs is 1. The van der Waals surface area contributed by atoms with Gasteiger partial charge in [0.1, 0.15) is 11.5 Å². The van der Waals surface area contributed by atoms with E-state index in [4.69, 9.17) is 5.73 Å². The van der Waals surface area contributed by atoms with Gasteiger partial charge < -0.3 is 5.73 Å². The lowest BCUT2D eigenvalue weighted by atomic mass is 10.1. The predicted molar refractivity (Wildman–Crippen MR) is 68.6 cm³/mol. The zero-order valence-corrected chi connectivity index (χ0v) is 11.2. The first kappa shape index (κ1) is 13.3. The van der Waals surface area contributed by atoms with Crippen molar-refractivity contribution in [1.82, 2.24) is 4.98 Å². The van der Waals surface area contributed by atoms with Crippen LogP contribution in [0, 0.1) is 16.3 Å². The Labute approximate surface area is 113 Å². The molecule has 2 rings (SSSR count). The van der Waals surface area contributed by atoms with Crippen molar-refractivity contribution < 1.29 is 17.6 Å². The lowest BCUT2D eigenvalue weighted by Crippen LogP contribution is -2.13. The van der Waals surface area contributed by atoms with Crippen molar-refractivity contribution >= 4 is 39.2 Å². The molecule has 1 aromatic heterocycles. The third kappa shape index (κ3) is 2.11. The van der Waals surface area contributed by atoms with Crippen LogP contribution in [0.3, 0.4) is 0 Å². The predicted octanol–water partition coefficient (Wildman–Crippen LogP) is 3.89. The first-order chi connectivity index (χ1) is 8.21. The van der Waals surface area contributed by atoms with Gasteiger partial charge in [-0.25, -0.2) is 9.37 Å². The Morgan fingerprint density at radius 2 is 1.89 bits per heavy atom. The number of benzene rings is 1. The second-order valence-electron chi connectivity index (χ2n) is 3.78. The van der Waals surface area contributed by atoms with Gasteiger partial charge in [0.05, 0.1) is 5.52 Å². The maximum atomic E-state index is 13.2. The summed E-state index contributed by atoms with van der Waals surface area (Å²) >= 11 is 1.73. The molecule has 0 aliphatic rings. The highest BCUT2D eigenvalue weighted by Gasteiger charge is 2.36. The highest BCUT2D eigenvalue weighted by Crippen LogP contribution is 2.36. The van der Waals surface area contributed by atoms with Crippen LogP contribution in [0.15, 0.2) is 12.1 Å². The first-order valence-electron chi connectivity index (χ1n) is 4.84. The van der Waals surface area contributed by atoms with Crippen LogP contribution in [0.25, 0.3) is 10.9 Å². The lowest BCUT2D eigenvalue weighted by Gasteiger charge is -2.14. The van der Waals surface area contributed by atoms with Crippen LogP contribution in [0.1, 0.15) is 11.3 Å². The summed E-state index contributed by atoms with van der Waals surface area (Å²) in [5.41, 5.74) is 4.40. The van der Waals surface area contributed by atoms with Crippen LogP contribution < -0.4 is 5.73 Å². The van der Waals surface area contributed by atoms with Crippen LogP contribution >= 0.6 is 22.6 Å². The van der Waals surface area contributed by atoms with Crippen LogP contribution in [0.4, 0.5) is 23.2 Å². The van der Waals surface area contributed by atoms with Crippen molar-refractivity contribution in [3.63, 3.8) is 0 Å². The van der Waals surface area contributed by atoms with Crippen molar-refractivity contribution in [2.75, 3.05) is 5.73 Å². The van der Waals surface area contributed by atoms with E-state index in [1.807, 2.05) is 0 Å². The molecule has 0 amide bonds. The molecule has 0 aliphatic heterocycles. The average molecular weight is 370 g/mol. The van der Waals surface area contributed by atoms with Crippen molar-refractivity contribution in [2.45, 2.75) is 13.1 Å². The standard InChI is InChI=1S/C11H7F4IN2/c1-4-8(17)6-2-5(12)3-7(16)9(6)18-10(4)11(13,14)15/h2-3H,1H3,(H2,17,18). The summed E-state index contributed by atoms with van der Waals surface area (Å²) in [6.07, 6.45) is -4.58. The summed E-state index contributed by atoms with van der Waals surface area (Å²) < 4.78 is 51.8. The van der Waals surface area contributed by atoms with Gasteiger partial charge in [-0.2, -0.15) is 13.2 Å². The van der Waals surface area contributed by atoms with Gasteiger partial charge in [-0.3, -0.25) is 0 Å². The van der Waals surface area contributed by atoms with E-state index in [-0.39, 0.29) is 22.2 Å². The van der Waals surface area contributed by atoms with Gasteiger partial charge in [0, 0.05) is 20.2 Å². The fourth-order valence-corrected chi connectivity index (χ4v) is 2.39. The van der Waals surface area contributed by atoms with Crippen molar-refractivity contribution in [1.29, 1.82) is 0 Å². The van der Waals surface area contributed by atoms with Crippen molar-refractivity contribution in [3.05, 3.63) is 32.8 Å². The van der Waals surface area contributed by atoms with E-state index < -0.39 is 17.7 Å². The van der Waals surface area contributed by atoms with Gasteiger partial charge in [-0.15, -0.1) is 0 Å². The molecule has 1 aromatic carbocycles. The number of nitrogens with zero attached hydrogens (tertiary/aromatic N) is 1. The number of alkyl halides is 3. The Balaban J connectivity index is 2.93. The quantitative estimate of drug-likeness (QED) is 0.565. The van der Waals surface area contributed by atoms with Gasteiger partial charge in [-0.05, 0) is 41.6 Å². The van der Waals surface area contributed by atoms with Crippen LogP contribution in [0.5, 0.6) is 0 Å². The van der Waals surface area contributed by atoms with Gasteiger partial charge >= 0.3 is 6.18 Å². The van der Waals surface area contributed by atoms with E-state index in [0.717, 1.165) is 12.1 Å². The molecule has 2 N–H and O–H groups in total. The molecule has 0 aliphatic carbocycles. The molecule has 2 nitrogen and oxygen atoms in total. The number of pyridine rings is 1. The third-order valence-corrected chi connectivity index (χ3v) is 3.39. The minimum Gasteiger partial charge on any atom is -0.398 e. The molecule has 0 spiro atoms. The number of nitrogens with two attached hydrogens (primary N) is 1. The molecule has 0 fully saturated rings. The summed E-state index contributed by atoms with van der Waals surface area (Å²) in [6, 6.07) is 2.21. The number of rotatable bonds is 0. The summed E-state index contributed by atoms with van der Waals surface area (Å²) in [7, 11) is 0. The molecular weight excluding hydrogens is 363 g/mol. The summed E-state index contributed by atoms with van der Waals surface area (Å²) in [6.45, 7) is 1.22. The van der Waals surface area contributed by atoms with Crippen LogP contribution in [-0.2, 0) is 6.18 Å². The maximum absolute atomic E-state index is 13.2. The first-order valence-corrected chi connectivity index (χ1v) is 5.91. The zero-order valence-electron chi connectivity index (χ0n) is 9.07. The Bertz CT molecular complexity index is 637. The topological polar surface area (TPSA) is 38.9 Å². The molecule has 7 heteroatoms. The third-order valence-electron chi connectivity index (χ3n) is 2.57. The minimum atomic E-state index is -4.58. The molecule has 0 unspecified atom stereocenters.